The maximum Gasteiger partial charge on any atom is 0.313 e. The summed E-state index contributed by atoms with van der Waals surface area (Å²) in [5, 5.41) is 11.4. The van der Waals surface area contributed by atoms with Crippen molar-refractivity contribution in [2.75, 3.05) is 38.0 Å². The van der Waals surface area contributed by atoms with Crippen LogP contribution < -0.4 is 5.32 Å². The number of likely N-dealkylation sites (N-methyl/N-ethyl adjacent to an activating group) is 1. The third-order valence-corrected chi connectivity index (χ3v) is 3.55. The normalized spacial score (nSPS) is 15.3. The number of amides is 2. The molecule has 6 heteroatoms. The number of piperazine rings is 1. The average Bonchev–Trinajstić information content (AvgIpc) is 2.54. The zero-order valence-electron chi connectivity index (χ0n) is 12.0. The van der Waals surface area contributed by atoms with Crippen molar-refractivity contribution in [3.8, 4) is 6.07 Å². The molecule has 1 aromatic rings. The Morgan fingerprint density at radius 3 is 2.62 bits per heavy atom. The van der Waals surface area contributed by atoms with E-state index in [1.165, 1.54) is 0 Å². The Morgan fingerprint density at radius 2 is 2.00 bits per heavy atom. The summed E-state index contributed by atoms with van der Waals surface area (Å²) in [6, 6.07) is 8.49. The van der Waals surface area contributed by atoms with Gasteiger partial charge < -0.3 is 15.1 Å². The third-order valence-electron chi connectivity index (χ3n) is 3.55. The first kappa shape index (κ1) is 15.0. The first-order chi connectivity index (χ1) is 10.1. The third kappa shape index (κ3) is 3.80. The summed E-state index contributed by atoms with van der Waals surface area (Å²) >= 11 is 0. The standard InChI is InChI=1S/C15H18N4O2/c1-2-18-6-8-19(9-7-18)15(21)14(20)17-13-5-3-4-12(10-13)11-16/h3-5,10H,2,6-9H2,1H3,(H,17,20). The van der Waals surface area contributed by atoms with Crippen molar-refractivity contribution < 1.29 is 9.59 Å². The lowest BCUT2D eigenvalue weighted by Gasteiger charge is -2.33. The van der Waals surface area contributed by atoms with E-state index in [9.17, 15) is 9.59 Å². The second-order valence-corrected chi connectivity index (χ2v) is 4.87. The summed E-state index contributed by atoms with van der Waals surface area (Å²) in [5.41, 5.74) is 0.899. The molecule has 1 aliphatic rings. The maximum atomic E-state index is 12.1. The van der Waals surface area contributed by atoms with Gasteiger partial charge in [0.25, 0.3) is 0 Å². The van der Waals surface area contributed by atoms with Crippen LogP contribution in [0.25, 0.3) is 0 Å². The molecule has 1 fully saturated rings. The minimum Gasteiger partial charge on any atom is -0.332 e. The number of rotatable bonds is 2. The lowest BCUT2D eigenvalue weighted by molar-refractivity contribution is -0.144. The number of nitriles is 1. The zero-order chi connectivity index (χ0) is 15.2. The fraction of sp³-hybridized carbons (Fsp3) is 0.400. The topological polar surface area (TPSA) is 76.4 Å². The molecular weight excluding hydrogens is 268 g/mol. The highest BCUT2D eigenvalue weighted by Crippen LogP contribution is 2.10. The van der Waals surface area contributed by atoms with E-state index in [0.29, 0.717) is 24.3 Å². The number of benzene rings is 1. The highest BCUT2D eigenvalue weighted by atomic mass is 16.2. The maximum absolute atomic E-state index is 12.1. The minimum atomic E-state index is -0.657. The molecule has 0 bridgehead atoms. The van der Waals surface area contributed by atoms with Crippen molar-refractivity contribution in [1.29, 1.82) is 5.26 Å². The molecule has 1 saturated heterocycles. The van der Waals surface area contributed by atoms with Gasteiger partial charge in [-0.05, 0) is 24.7 Å². The van der Waals surface area contributed by atoms with E-state index in [2.05, 4.69) is 17.1 Å². The van der Waals surface area contributed by atoms with Crippen molar-refractivity contribution in [2.45, 2.75) is 6.92 Å². The lowest BCUT2D eigenvalue weighted by atomic mass is 10.2. The van der Waals surface area contributed by atoms with Gasteiger partial charge in [-0.1, -0.05) is 13.0 Å². The molecule has 2 rings (SSSR count). The molecule has 0 unspecified atom stereocenters. The van der Waals surface area contributed by atoms with Gasteiger partial charge in [0.05, 0.1) is 11.6 Å². The summed E-state index contributed by atoms with van der Waals surface area (Å²) in [5.74, 6) is -1.18. The number of anilines is 1. The number of nitrogens with zero attached hydrogens (tertiary/aromatic N) is 3. The van der Waals surface area contributed by atoms with Crippen LogP contribution in [0, 0.1) is 11.3 Å². The fourth-order valence-electron chi connectivity index (χ4n) is 2.26. The highest BCUT2D eigenvalue weighted by molar-refractivity contribution is 6.39. The van der Waals surface area contributed by atoms with Crippen molar-refractivity contribution >= 4 is 17.5 Å². The van der Waals surface area contributed by atoms with Crippen molar-refractivity contribution in [3.05, 3.63) is 29.8 Å². The Bertz CT molecular complexity index is 571. The van der Waals surface area contributed by atoms with Gasteiger partial charge in [-0.2, -0.15) is 5.26 Å². The van der Waals surface area contributed by atoms with E-state index < -0.39 is 11.8 Å². The molecular formula is C15H18N4O2. The Kier molecular flexibility index (Phi) is 4.90. The number of carbonyl (C=O) groups is 2. The van der Waals surface area contributed by atoms with Crippen LogP contribution in [0.5, 0.6) is 0 Å². The first-order valence-electron chi connectivity index (χ1n) is 6.97. The zero-order valence-corrected chi connectivity index (χ0v) is 12.0. The molecule has 1 aromatic carbocycles. The van der Waals surface area contributed by atoms with Gasteiger partial charge in [0.15, 0.2) is 0 Å². The predicted molar refractivity (Wildman–Crippen MR) is 78.5 cm³/mol. The number of hydrogen-bond acceptors (Lipinski definition) is 4. The van der Waals surface area contributed by atoms with Gasteiger partial charge >= 0.3 is 11.8 Å². The fourth-order valence-corrected chi connectivity index (χ4v) is 2.26. The quantitative estimate of drug-likeness (QED) is 0.810. The molecule has 0 radical (unpaired) electrons. The van der Waals surface area contributed by atoms with Gasteiger partial charge in [0.2, 0.25) is 0 Å². The largest absolute Gasteiger partial charge is 0.332 e. The van der Waals surface area contributed by atoms with E-state index in [1.807, 2.05) is 6.07 Å². The first-order valence-corrected chi connectivity index (χ1v) is 6.97. The Balaban J connectivity index is 1.94. The summed E-state index contributed by atoms with van der Waals surface area (Å²) in [6.45, 7) is 5.75. The van der Waals surface area contributed by atoms with Crippen LogP contribution in [0.1, 0.15) is 12.5 Å². The molecule has 1 N–H and O–H groups in total. The Hall–Kier alpha value is -2.39. The highest BCUT2D eigenvalue weighted by Gasteiger charge is 2.25. The van der Waals surface area contributed by atoms with Crippen molar-refractivity contribution in [3.63, 3.8) is 0 Å². The number of nitrogens with one attached hydrogen (secondary N) is 1. The molecule has 0 atom stereocenters. The summed E-state index contributed by atoms with van der Waals surface area (Å²) in [7, 11) is 0. The van der Waals surface area contributed by atoms with Gasteiger partial charge in [-0.15, -0.1) is 0 Å². The molecule has 0 saturated carbocycles. The summed E-state index contributed by atoms with van der Waals surface area (Å²) < 4.78 is 0. The monoisotopic (exact) mass is 286 g/mol. The molecule has 110 valence electrons. The van der Waals surface area contributed by atoms with Crippen LogP contribution in [-0.2, 0) is 9.59 Å². The molecule has 1 heterocycles. The molecule has 0 aromatic heterocycles. The molecule has 2 amide bonds. The molecule has 0 spiro atoms. The smallest absolute Gasteiger partial charge is 0.313 e. The summed E-state index contributed by atoms with van der Waals surface area (Å²) in [4.78, 5) is 27.8. The van der Waals surface area contributed by atoms with Crippen LogP contribution in [0.2, 0.25) is 0 Å². The van der Waals surface area contributed by atoms with Crippen LogP contribution in [0.15, 0.2) is 24.3 Å². The van der Waals surface area contributed by atoms with Crippen LogP contribution in [-0.4, -0.2) is 54.3 Å². The molecule has 21 heavy (non-hydrogen) atoms. The predicted octanol–water partition coefficient (Wildman–Crippen LogP) is 0.661. The molecule has 0 aliphatic carbocycles. The lowest BCUT2D eigenvalue weighted by Crippen LogP contribution is -2.51. The van der Waals surface area contributed by atoms with Crippen LogP contribution >= 0.6 is 0 Å². The van der Waals surface area contributed by atoms with E-state index in [-0.39, 0.29) is 0 Å². The second-order valence-electron chi connectivity index (χ2n) is 4.87. The number of hydrogen-bond donors (Lipinski definition) is 1. The van der Waals surface area contributed by atoms with E-state index in [4.69, 9.17) is 5.26 Å². The van der Waals surface area contributed by atoms with Crippen molar-refractivity contribution in [1.82, 2.24) is 9.80 Å². The Morgan fingerprint density at radius 1 is 1.29 bits per heavy atom. The second kappa shape index (κ2) is 6.86. The van der Waals surface area contributed by atoms with E-state index in [0.717, 1.165) is 19.6 Å². The summed E-state index contributed by atoms with van der Waals surface area (Å²) in [6.07, 6.45) is 0. The van der Waals surface area contributed by atoms with Gasteiger partial charge in [0.1, 0.15) is 0 Å². The van der Waals surface area contributed by atoms with E-state index in [1.54, 1.807) is 29.2 Å². The van der Waals surface area contributed by atoms with Crippen LogP contribution in [0.3, 0.4) is 0 Å². The Labute approximate surface area is 123 Å². The van der Waals surface area contributed by atoms with Gasteiger partial charge in [-0.25, -0.2) is 0 Å². The molecule has 1 aliphatic heterocycles. The van der Waals surface area contributed by atoms with Gasteiger partial charge in [0, 0.05) is 31.9 Å². The van der Waals surface area contributed by atoms with Crippen LogP contribution in [0.4, 0.5) is 5.69 Å². The average molecular weight is 286 g/mol. The number of carbonyl (C=O) groups excluding carboxylic acids is 2. The SMILES string of the molecule is CCN1CCN(C(=O)C(=O)Nc2cccc(C#N)c2)CC1. The van der Waals surface area contributed by atoms with Crippen molar-refractivity contribution in [2.24, 2.45) is 0 Å². The van der Waals surface area contributed by atoms with Gasteiger partial charge in [-0.3, -0.25) is 9.59 Å². The van der Waals surface area contributed by atoms with E-state index >= 15 is 0 Å². The molecule has 6 nitrogen and oxygen atoms in total. The minimum absolute atomic E-state index is 0.441.